The van der Waals surface area contributed by atoms with E-state index in [-0.39, 0.29) is 29.0 Å². The molecule has 0 spiro atoms. The molecule has 29 heavy (non-hydrogen) atoms. The van der Waals surface area contributed by atoms with Crippen molar-refractivity contribution in [3.8, 4) is 0 Å². The van der Waals surface area contributed by atoms with Gasteiger partial charge in [0.25, 0.3) is 0 Å². The second-order valence-electron chi connectivity index (χ2n) is 7.64. The summed E-state index contributed by atoms with van der Waals surface area (Å²) in [6.07, 6.45) is 5.00. The third-order valence-electron chi connectivity index (χ3n) is 6.10. The summed E-state index contributed by atoms with van der Waals surface area (Å²) in [5, 5.41) is 25.0. The molecule has 0 bridgehead atoms. The second kappa shape index (κ2) is 6.48. The van der Waals surface area contributed by atoms with Crippen LogP contribution in [0.2, 0.25) is 0 Å². The van der Waals surface area contributed by atoms with Gasteiger partial charge in [-0.2, -0.15) is 0 Å². The van der Waals surface area contributed by atoms with Gasteiger partial charge in [0, 0.05) is 11.6 Å². The van der Waals surface area contributed by atoms with Crippen LogP contribution in [0.4, 0.5) is 5.69 Å². The predicted octanol–water partition coefficient (Wildman–Crippen LogP) is 5.06. The van der Waals surface area contributed by atoms with Crippen LogP contribution >= 0.6 is 0 Å². The highest BCUT2D eigenvalue weighted by atomic mass is 16.4. The maximum atomic E-state index is 11.9. The van der Waals surface area contributed by atoms with Crippen LogP contribution in [-0.2, 0) is 0 Å². The van der Waals surface area contributed by atoms with E-state index in [4.69, 9.17) is 0 Å². The average Bonchev–Trinajstić information content (AvgIpc) is 3.21. The van der Waals surface area contributed by atoms with Crippen LogP contribution < -0.4 is 5.32 Å². The summed E-state index contributed by atoms with van der Waals surface area (Å²) < 4.78 is 0. The normalized spacial score (nSPS) is 22.0. The molecule has 0 radical (unpaired) electrons. The number of anilines is 1. The molecule has 1 heterocycles. The number of nitrogens with one attached hydrogen (secondary N) is 1. The molecule has 0 saturated heterocycles. The van der Waals surface area contributed by atoms with Crippen molar-refractivity contribution in [3.05, 3.63) is 89.0 Å². The van der Waals surface area contributed by atoms with Gasteiger partial charge in [-0.3, -0.25) is 0 Å². The molecule has 2 aliphatic rings. The van der Waals surface area contributed by atoms with Crippen molar-refractivity contribution in [1.82, 2.24) is 0 Å². The zero-order chi connectivity index (χ0) is 20.1. The lowest BCUT2D eigenvalue weighted by atomic mass is 9.74. The Hall–Kier alpha value is -3.60. The van der Waals surface area contributed by atoms with Crippen LogP contribution in [0.1, 0.15) is 50.2 Å². The third kappa shape index (κ3) is 2.70. The van der Waals surface area contributed by atoms with Crippen molar-refractivity contribution >= 4 is 28.4 Å². The Morgan fingerprint density at radius 3 is 2.55 bits per heavy atom. The molecule has 3 aromatic rings. The summed E-state index contributed by atoms with van der Waals surface area (Å²) in [5.74, 6) is -2.14. The van der Waals surface area contributed by atoms with Gasteiger partial charge in [0.2, 0.25) is 0 Å². The molecule has 0 amide bonds. The van der Waals surface area contributed by atoms with Crippen molar-refractivity contribution < 1.29 is 19.8 Å². The number of fused-ring (bicyclic) bond motifs is 4. The van der Waals surface area contributed by atoms with E-state index in [2.05, 4.69) is 41.7 Å². The Bertz CT molecular complexity index is 1190. The highest BCUT2D eigenvalue weighted by Crippen LogP contribution is 2.52. The van der Waals surface area contributed by atoms with Gasteiger partial charge in [-0.1, -0.05) is 54.6 Å². The topological polar surface area (TPSA) is 86.6 Å². The van der Waals surface area contributed by atoms with Crippen LogP contribution in [0.25, 0.3) is 10.8 Å². The molecule has 144 valence electrons. The van der Waals surface area contributed by atoms with Gasteiger partial charge in [0.15, 0.2) is 0 Å². The molecule has 3 unspecified atom stereocenters. The minimum atomic E-state index is -1.14. The highest BCUT2D eigenvalue weighted by Gasteiger charge is 2.41. The third-order valence-corrected chi connectivity index (χ3v) is 6.10. The number of aromatic carboxylic acids is 2. The summed E-state index contributed by atoms with van der Waals surface area (Å²) in [7, 11) is 0. The molecule has 5 rings (SSSR count). The lowest BCUT2D eigenvalue weighted by molar-refractivity contribution is 0.0694. The standard InChI is InChI=1S/C24H19NO4/c26-23(27)14-11-19(24(28)29)21-16-8-4-10-18(16)22(25-20(21)12-14)17-9-3-6-13-5-1-2-7-15(13)17/h1-9,11-12,16,18,22,25H,10H2,(H,26,27)(H,28,29). The maximum Gasteiger partial charge on any atom is 0.336 e. The summed E-state index contributed by atoms with van der Waals surface area (Å²) in [5.41, 5.74) is 2.45. The number of hydrogen-bond acceptors (Lipinski definition) is 3. The van der Waals surface area contributed by atoms with E-state index >= 15 is 0 Å². The van der Waals surface area contributed by atoms with E-state index in [0.29, 0.717) is 11.3 Å². The molecular formula is C24H19NO4. The number of carboxylic acid groups (broad SMARTS) is 2. The summed E-state index contributed by atoms with van der Waals surface area (Å²) in [6.45, 7) is 0. The van der Waals surface area contributed by atoms with Gasteiger partial charge in [0.05, 0.1) is 17.2 Å². The molecule has 0 fully saturated rings. The average molecular weight is 385 g/mol. The largest absolute Gasteiger partial charge is 0.478 e. The molecular weight excluding hydrogens is 366 g/mol. The molecule has 5 nitrogen and oxygen atoms in total. The minimum Gasteiger partial charge on any atom is -0.478 e. The van der Waals surface area contributed by atoms with Crippen molar-refractivity contribution in [2.75, 3.05) is 5.32 Å². The van der Waals surface area contributed by atoms with Gasteiger partial charge in [-0.15, -0.1) is 0 Å². The number of rotatable bonds is 3. The van der Waals surface area contributed by atoms with E-state index in [9.17, 15) is 19.8 Å². The van der Waals surface area contributed by atoms with Crippen LogP contribution in [0, 0.1) is 5.92 Å². The predicted molar refractivity (Wildman–Crippen MR) is 111 cm³/mol. The Kier molecular flexibility index (Phi) is 3.91. The maximum absolute atomic E-state index is 11.9. The Labute approximate surface area is 167 Å². The van der Waals surface area contributed by atoms with Gasteiger partial charge in [0.1, 0.15) is 0 Å². The number of hydrogen-bond donors (Lipinski definition) is 3. The first kappa shape index (κ1) is 17.5. The quantitative estimate of drug-likeness (QED) is 0.549. The molecule has 1 aliphatic heterocycles. The van der Waals surface area contributed by atoms with Crippen molar-refractivity contribution in [2.45, 2.75) is 18.4 Å². The summed E-state index contributed by atoms with van der Waals surface area (Å²) in [4.78, 5) is 23.5. The lowest BCUT2D eigenvalue weighted by Crippen LogP contribution is -2.31. The lowest BCUT2D eigenvalue weighted by Gasteiger charge is -2.38. The SMILES string of the molecule is O=C(O)c1cc2c(c(C(=O)O)c1)C1C=CCC1C(c1cccc3ccccc13)N2. The molecule has 0 saturated carbocycles. The molecule has 3 aromatic carbocycles. The van der Waals surface area contributed by atoms with Crippen molar-refractivity contribution in [2.24, 2.45) is 5.92 Å². The number of benzene rings is 3. The Morgan fingerprint density at radius 1 is 0.966 bits per heavy atom. The zero-order valence-corrected chi connectivity index (χ0v) is 15.5. The Morgan fingerprint density at radius 2 is 1.76 bits per heavy atom. The number of carbonyl (C=O) groups is 2. The molecule has 3 N–H and O–H groups in total. The zero-order valence-electron chi connectivity index (χ0n) is 15.5. The van der Waals surface area contributed by atoms with Gasteiger partial charge >= 0.3 is 11.9 Å². The van der Waals surface area contributed by atoms with Gasteiger partial charge in [-0.05, 0) is 46.4 Å². The van der Waals surface area contributed by atoms with E-state index in [1.807, 2.05) is 18.2 Å². The number of allylic oxidation sites excluding steroid dienone is 2. The van der Waals surface area contributed by atoms with Crippen molar-refractivity contribution in [3.63, 3.8) is 0 Å². The first-order valence-corrected chi connectivity index (χ1v) is 9.60. The molecule has 0 aromatic heterocycles. The summed E-state index contributed by atoms with van der Waals surface area (Å²) in [6, 6.07) is 17.2. The number of carboxylic acids is 2. The summed E-state index contributed by atoms with van der Waals surface area (Å²) >= 11 is 0. The van der Waals surface area contributed by atoms with E-state index in [1.54, 1.807) is 6.07 Å². The molecule has 3 atom stereocenters. The Balaban J connectivity index is 1.72. The van der Waals surface area contributed by atoms with E-state index in [1.165, 1.54) is 6.07 Å². The van der Waals surface area contributed by atoms with Gasteiger partial charge < -0.3 is 15.5 Å². The fourth-order valence-corrected chi connectivity index (χ4v) is 4.86. The van der Waals surface area contributed by atoms with Crippen molar-refractivity contribution in [1.29, 1.82) is 0 Å². The van der Waals surface area contributed by atoms with E-state index in [0.717, 1.165) is 22.8 Å². The van der Waals surface area contributed by atoms with E-state index < -0.39 is 11.9 Å². The first-order chi connectivity index (χ1) is 14.0. The van der Waals surface area contributed by atoms with Crippen LogP contribution in [0.15, 0.2) is 66.7 Å². The fourth-order valence-electron chi connectivity index (χ4n) is 4.86. The first-order valence-electron chi connectivity index (χ1n) is 9.60. The minimum absolute atomic E-state index is 0.0225. The van der Waals surface area contributed by atoms with Crippen LogP contribution in [-0.4, -0.2) is 22.2 Å². The monoisotopic (exact) mass is 385 g/mol. The van der Waals surface area contributed by atoms with Crippen LogP contribution in [0.3, 0.4) is 0 Å². The highest BCUT2D eigenvalue weighted by molar-refractivity contribution is 5.98. The second-order valence-corrected chi connectivity index (χ2v) is 7.64. The molecule has 5 heteroatoms. The molecule has 1 aliphatic carbocycles. The van der Waals surface area contributed by atoms with Crippen LogP contribution in [0.5, 0.6) is 0 Å². The smallest absolute Gasteiger partial charge is 0.336 e. The fraction of sp³-hybridized carbons (Fsp3) is 0.167. The van der Waals surface area contributed by atoms with Gasteiger partial charge in [-0.25, -0.2) is 9.59 Å².